The summed E-state index contributed by atoms with van der Waals surface area (Å²) in [6, 6.07) is 5.54. The van der Waals surface area contributed by atoms with Gasteiger partial charge in [0, 0.05) is 17.8 Å². The third-order valence-electron chi connectivity index (χ3n) is 4.60. The van der Waals surface area contributed by atoms with Gasteiger partial charge in [-0.3, -0.25) is 4.79 Å². The van der Waals surface area contributed by atoms with E-state index in [0.29, 0.717) is 17.1 Å². The second-order valence-electron chi connectivity index (χ2n) is 7.02. The van der Waals surface area contributed by atoms with Crippen molar-refractivity contribution in [3.05, 3.63) is 65.2 Å². The van der Waals surface area contributed by atoms with Crippen molar-refractivity contribution in [3.63, 3.8) is 0 Å². The Kier molecular flexibility index (Phi) is 4.57. The standard InChI is InChI=1S/C20H18F2N6O/c1-10(2)18-25-19(27-26-18)12-8-16(11(3)7-15(12)22)24-20(29)13-9-23-28-6-4-5-14(21)17(13)28/h4-10H,1-3H3,(H,24,29)(H,25,26,27). The van der Waals surface area contributed by atoms with Crippen LogP contribution in [0.3, 0.4) is 0 Å². The Bertz CT molecular complexity index is 1230. The molecule has 1 amide bonds. The van der Waals surface area contributed by atoms with E-state index in [1.807, 2.05) is 13.8 Å². The predicted molar refractivity (Wildman–Crippen MR) is 104 cm³/mol. The van der Waals surface area contributed by atoms with Gasteiger partial charge in [-0.15, -0.1) is 10.2 Å². The molecule has 4 rings (SSSR count). The van der Waals surface area contributed by atoms with Gasteiger partial charge >= 0.3 is 0 Å². The highest BCUT2D eigenvalue weighted by Gasteiger charge is 2.19. The number of H-pyrrole nitrogens is 1. The summed E-state index contributed by atoms with van der Waals surface area (Å²) in [6.45, 7) is 5.55. The third kappa shape index (κ3) is 3.35. The minimum atomic E-state index is -0.561. The Hall–Kier alpha value is -3.62. The summed E-state index contributed by atoms with van der Waals surface area (Å²) in [5.74, 6) is -0.597. The first-order chi connectivity index (χ1) is 13.8. The van der Waals surface area contributed by atoms with Gasteiger partial charge in [-0.05, 0) is 36.8 Å². The molecule has 9 heteroatoms. The SMILES string of the molecule is Cc1cc(F)c(-c2nnc(C(C)C)[nH]2)cc1NC(=O)c1cnn2cccc(F)c12. The van der Waals surface area contributed by atoms with Crippen molar-refractivity contribution in [2.24, 2.45) is 0 Å². The zero-order valence-corrected chi connectivity index (χ0v) is 16.0. The smallest absolute Gasteiger partial charge is 0.259 e. The maximum Gasteiger partial charge on any atom is 0.259 e. The molecule has 0 unspecified atom stereocenters. The van der Waals surface area contributed by atoms with Crippen molar-refractivity contribution in [3.8, 4) is 11.4 Å². The van der Waals surface area contributed by atoms with Crippen LogP contribution in [0.2, 0.25) is 0 Å². The van der Waals surface area contributed by atoms with Gasteiger partial charge in [0.2, 0.25) is 0 Å². The monoisotopic (exact) mass is 396 g/mol. The van der Waals surface area contributed by atoms with Gasteiger partial charge in [0.25, 0.3) is 5.91 Å². The number of halogens is 2. The zero-order chi connectivity index (χ0) is 20.7. The van der Waals surface area contributed by atoms with Crippen molar-refractivity contribution in [2.45, 2.75) is 26.7 Å². The average molecular weight is 396 g/mol. The fraction of sp³-hybridized carbons (Fsp3) is 0.200. The molecule has 0 aliphatic heterocycles. The van der Waals surface area contributed by atoms with Gasteiger partial charge in [-0.25, -0.2) is 13.3 Å². The van der Waals surface area contributed by atoms with E-state index in [-0.39, 0.29) is 28.4 Å². The summed E-state index contributed by atoms with van der Waals surface area (Å²) in [4.78, 5) is 15.8. The Labute approximate surface area is 164 Å². The molecule has 0 fully saturated rings. The zero-order valence-electron chi connectivity index (χ0n) is 16.0. The maximum absolute atomic E-state index is 14.5. The topological polar surface area (TPSA) is 88.0 Å². The number of nitrogens with one attached hydrogen (secondary N) is 2. The summed E-state index contributed by atoms with van der Waals surface area (Å²) in [6.07, 6.45) is 2.84. The number of carbonyl (C=O) groups excluding carboxylic acids is 1. The van der Waals surface area contributed by atoms with E-state index in [4.69, 9.17) is 0 Å². The summed E-state index contributed by atoms with van der Waals surface area (Å²) >= 11 is 0. The number of pyridine rings is 1. The number of nitrogens with zero attached hydrogens (tertiary/aromatic N) is 4. The Balaban J connectivity index is 1.70. The van der Waals surface area contributed by atoms with Crippen molar-refractivity contribution in [1.29, 1.82) is 0 Å². The Morgan fingerprint density at radius 1 is 1.21 bits per heavy atom. The first-order valence-corrected chi connectivity index (χ1v) is 9.01. The van der Waals surface area contributed by atoms with E-state index >= 15 is 0 Å². The highest BCUT2D eigenvalue weighted by molar-refractivity contribution is 6.09. The molecule has 0 aliphatic rings. The molecule has 7 nitrogen and oxygen atoms in total. The summed E-state index contributed by atoms with van der Waals surface area (Å²) in [5, 5.41) is 14.7. The lowest BCUT2D eigenvalue weighted by molar-refractivity contribution is 0.102. The fourth-order valence-electron chi connectivity index (χ4n) is 3.00. The molecule has 3 heterocycles. The van der Waals surface area contributed by atoms with E-state index in [1.165, 1.54) is 35.0 Å². The van der Waals surface area contributed by atoms with Crippen LogP contribution in [-0.4, -0.2) is 30.7 Å². The van der Waals surface area contributed by atoms with Crippen molar-refractivity contribution < 1.29 is 13.6 Å². The third-order valence-corrected chi connectivity index (χ3v) is 4.60. The molecular weight excluding hydrogens is 378 g/mol. The number of aromatic nitrogens is 5. The molecule has 0 aliphatic carbocycles. The van der Waals surface area contributed by atoms with Crippen molar-refractivity contribution >= 4 is 17.1 Å². The highest BCUT2D eigenvalue weighted by Crippen LogP contribution is 2.28. The summed E-state index contributed by atoms with van der Waals surface area (Å²) in [7, 11) is 0. The Morgan fingerprint density at radius 3 is 2.72 bits per heavy atom. The molecule has 0 saturated heterocycles. The molecule has 29 heavy (non-hydrogen) atoms. The van der Waals surface area contributed by atoms with Gasteiger partial charge in [0.1, 0.15) is 23.0 Å². The minimum Gasteiger partial charge on any atom is -0.325 e. The van der Waals surface area contributed by atoms with E-state index < -0.39 is 17.5 Å². The predicted octanol–water partition coefficient (Wildman–Crippen LogP) is 4.08. The van der Waals surface area contributed by atoms with Crippen LogP contribution in [0.25, 0.3) is 16.9 Å². The summed E-state index contributed by atoms with van der Waals surface area (Å²) < 4.78 is 30.0. The first kappa shape index (κ1) is 18.7. The number of carbonyl (C=O) groups is 1. The van der Waals surface area contributed by atoms with Gasteiger partial charge < -0.3 is 10.3 Å². The molecule has 148 valence electrons. The molecule has 0 saturated carbocycles. The normalized spacial score (nSPS) is 11.4. The van der Waals surface area contributed by atoms with Crippen LogP contribution in [0.15, 0.2) is 36.7 Å². The van der Waals surface area contributed by atoms with E-state index in [9.17, 15) is 13.6 Å². The van der Waals surface area contributed by atoms with Gasteiger partial charge in [-0.1, -0.05) is 13.8 Å². The van der Waals surface area contributed by atoms with Crippen LogP contribution in [0.1, 0.15) is 41.5 Å². The quantitative estimate of drug-likeness (QED) is 0.544. The molecular formula is C20H18F2N6O. The van der Waals surface area contributed by atoms with Crippen LogP contribution >= 0.6 is 0 Å². The lowest BCUT2D eigenvalue weighted by atomic mass is 10.1. The van der Waals surface area contributed by atoms with E-state index in [1.54, 1.807) is 13.1 Å². The number of hydrogen-bond donors (Lipinski definition) is 2. The molecule has 0 spiro atoms. The maximum atomic E-state index is 14.5. The number of rotatable bonds is 4. The minimum absolute atomic E-state index is 0.0711. The number of fused-ring (bicyclic) bond motifs is 1. The molecule has 2 N–H and O–H groups in total. The van der Waals surface area contributed by atoms with Gasteiger partial charge in [-0.2, -0.15) is 5.10 Å². The molecule has 3 aromatic heterocycles. The molecule has 0 bridgehead atoms. The van der Waals surface area contributed by atoms with E-state index in [2.05, 4.69) is 25.6 Å². The number of benzene rings is 1. The average Bonchev–Trinajstić information content (AvgIpc) is 3.32. The van der Waals surface area contributed by atoms with Crippen LogP contribution < -0.4 is 5.32 Å². The van der Waals surface area contributed by atoms with Crippen LogP contribution in [0, 0.1) is 18.6 Å². The van der Waals surface area contributed by atoms with Crippen LogP contribution in [-0.2, 0) is 0 Å². The number of hydrogen-bond acceptors (Lipinski definition) is 4. The lowest BCUT2D eigenvalue weighted by Gasteiger charge is -2.10. The second kappa shape index (κ2) is 7.08. The van der Waals surface area contributed by atoms with Crippen LogP contribution in [0.4, 0.5) is 14.5 Å². The number of anilines is 1. The van der Waals surface area contributed by atoms with Gasteiger partial charge in [0.05, 0.1) is 17.3 Å². The van der Waals surface area contributed by atoms with Crippen molar-refractivity contribution in [1.82, 2.24) is 24.8 Å². The number of aromatic amines is 1. The number of amides is 1. The molecule has 1 aromatic carbocycles. The van der Waals surface area contributed by atoms with Crippen molar-refractivity contribution in [2.75, 3.05) is 5.32 Å². The Morgan fingerprint density at radius 2 is 2.00 bits per heavy atom. The van der Waals surface area contributed by atoms with Gasteiger partial charge in [0.15, 0.2) is 5.82 Å². The first-order valence-electron chi connectivity index (χ1n) is 9.01. The van der Waals surface area contributed by atoms with E-state index in [0.717, 1.165) is 0 Å². The molecule has 0 radical (unpaired) electrons. The lowest BCUT2D eigenvalue weighted by Crippen LogP contribution is -2.13. The molecule has 4 aromatic rings. The van der Waals surface area contributed by atoms with Crippen LogP contribution in [0.5, 0.6) is 0 Å². The number of aryl methyl sites for hydroxylation is 1. The molecule has 0 atom stereocenters. The fourth-order valence-corrected chi connectivity index (χ4v) is 3.00. The highest BCUT2D eigenvalue weighted by atomic mass is 19.1. The largest absolute Gasteiger partial charge is 0.325 e. The second-order valence-corrected chi connectivity index (χ2v) is 7.02. The summed E-state index contributed by atoms with van der Waals surface area (Å²) in [5.41, 5.74) is 1.22.